The van der Waals surface area contributed by atoms with Gasteiger partial charge in [0.2, 0.25) is 5.91 Å². The molecule has 1 aromatic carbocycles. The van der Waals surface area contributed by atoms with Gasteiger partial charge in [0, 0.05) is 13.0 Å². The summed E-state index contributed by atoms with van der Waals surface area (Å²) in [7, 11) is 1.92. The highest BCUT2D eigenvalue weighted by Gasteiger charge is 2.24. The van der Waals surface area contributed by atoms with Crippen molar-refractivity contribution >= 4 is 5.91 Å². The van der Waals surface area contributed by atoms with Crippen LogP contribution in [-0.4, -0.2) is 20.7 Å². The van der Waals surface area contributed by atoms with Crippen LogP contribution >= 0.6 is 0 Å². The van der Waals surface area contributed by atoms with Crippen LogP contribution in [0.15, 0.2) is 30.3 Å². The van der Waals surface area contributed by atoms with Gasteiger partial charge < -0.3 is 9.88 Å². The highest BCUT2D eigenvalue weighted by molar-refractivity contribution is 5.79. The first-order chi connectivity index (χ1) is 10.5. The number of nitrogens with zero attached hydrogens (tertiary/aromatic N) is 3. The Balaban J connectivity index is 2.31. The Morgan fingerprint density at radius 1 is 1.27 bits per heavy atom. The van der Waals surface area contributed by atoms with E-state index in [1.54, 1.807) is 0 Å². The molecule has 0 spiro atoms. The Labute approximate surface area is 131 Å². The van der Waals surface area contributed by atoms with Gasteiger partial charge in [0.15, 0.2) is 5.82 Å². The van der Waals surface area contributed by atoms with Gasteiger partial charge in [0.1, 0.15) is 11.9 Å². The summed E-state index contributed by atoms with van der Waals surface area (Å²) in [5.74, 6) is 1.62. The second kappa shape index (κ2) is 7.20. The van der Waals surface area contributed by atoms with Gasteiger partial charge in [0.25, 0.3) is 0 Å². The average Bonchev–Trinajstić information content (AvgIpc) is 2.85. The second-order valence-electron chi connectivity index (χ2n) is 5.71. The molecule has 0 aliphatic heterocycles. The third kappa shape index (κ3) is 3.53. The van der Waals surface area contributed by atoms with Crippen LogP contribution < -0.4 is 5.32 Å². The van der Waals surface area contributed by atoms with Crippen molar-refractivity contribution in [2.45, 2.75) is 39.7 Å². The van der Waals surface area contributed by atoms with Crippen molar-refractivity contribution in [3.8, 4) is 0 Å². The van der Waals surface area contributed by atoms with Crippen molar-refractivity contribution in [2.24, 2.45) is 13.0 Å². The molecule has 1 amide bonds. The molecule has 118 valence electrons. The standard InChI is InChI=1S/C17H24N4O/c1-5-9-12(2)17(22)18-15(14-10-7-6-8-11-14)16-20-19-13(3)21(16)4/h6-8,10-12,15H,5,9H2,1-4H3,(H,18,22)/t12-,15-/m0/s1. The topological polar surface area (TPSA) is 59.8 Å². The largest absolute Gasteiger partial charge is 0.342 e. The lowest BCUT2D eigenvalue weighted by Gasteiger charge is -2.21. The van der Waals surface area contributed by atoms with E-state index in [4.69, 9.17) is 0 Å². The Bertz CT molecular complexity index is 621. The Morgan fingerprint density at radius 2 is 1.95 bits per heavy atom. The van der Waals surface area contributed by atoms with E-state index >= 15 is 0 Å². The first-order valence-electron chi connectivity index (χ1n) is 7.75. The van der Waals surface area contributed by atoms with E-state index in [1.807, 2.05) is 55.8 Å². The van der Waals surface area contributed by atoms with Crippen molar-refractivity contribution < 1.29 is 4.79 Å². The molecular formula is C17H24N4O. The van der Waals surface area contributed by atoms with Gasteiger partial charge in [-0.25, -0.2) is 0 Å². The van der Waals surface area contributed by atoms with Gasteiger partial charge in [-0.2, -0.15) is 0 Å². The van der Waals surface area contributed by atoms with Crippen molar-refractivity contribution in [1.82, 2.24) is 20.1 Å². The summed E-state index contributed by atoms with van der Waals surface area (Å²) in [6.45, 7) is 5.95. The predicted molar refractivity (Wildman–Crippen MR) is 86.2 cm³/mol. The maximum Gasteiger partial charge on any atom is 0.223 e. The third-order valence-corrected chi connectivity index (χ3v) is 3.97. The number of benzene rings is 1. The summed E-state index contributed by atoms with van der Waals surface area (Å²) in [6.07, 6.45) is 1.87. The minimum Gasteiger partial charge on any atom is -0.342 e. The first-order valence-corrected chi connectivity index (χ1v) is 7.75. The van der Waals surface area contributed by atoms with E-state index in [1.165, 1.54) is 0 Å². The minimum absolute atomic E-state index is 0.00876. The van der Waals surface area contributed by atoms with Gasteiger partial charge in [-0.3, -0.25) is 4.79 Å². The molecule has 1 heterocycles. The molecule has 1 aromatic heterocycles. The van der Waals surface area contributed by atoms with Crippen LogP contribution in [0.25, 0.3) is 0 Å². The lowest BCUT2D eigenvalue weighted by Crippen LogP contribution is -2.34. The monoisotopic (exact) mass is 300 g/mol. The van der Waals surface area contributed by atoms with E-state index in [0.29, 0.717) is 0 Å². The number of carbonyl (C=O) groups is 1. The zero-order valence-electron chi connectivity index (χ0n) is 13.7. The van der Waals surface area contributed by atoms with Crippen LogP contribution in [0.4, 0.5) is 0 Å². The number of aryl methyl sites for hydroxylation is 1. The molecule has 0 unspecified atom stereocenters. The molecule has 2 aromatic rings. The number of nitrogens with one attached hydrogen (secondary N) is 1. The summed E-state index contributed by atoms with van der Waals surface area (Å²) >= 11 is 0. The van der Waals surface area contributed by atoms with Crippen LogP contribution in [0, 0.1) is 12.8 Å². The average molecular weight is 300 g/mol. The molecule has 0 bridgehead atoms. The molecule has 0 radical (unpaired) electrons. The van der Waals surface area contributed by atoms with Crippen LogP contribution in [0.3, 0.4) is 0 Å². The summed E-state index contributed by atoms with van der Waals surface area (Å²) in [5.41, 5.74) is 1.01. The Kier molecular flexibility index (Phi) is 5.31. The lowest BCUT2D eigenvalue weighted by molar-refractivity contribution is -0.125. The molecule has 0 fully saturated rings. The summed E-state index contributed by atoms with van der Waals surface area (Å²) in [6, 6.07) is 9.61. The van der Waals surface area contributed by atoms with E-state index in [2.05, 4.69) is 22.4 Å². The second-order valence-corrected chi connectivity index (χ2v) is 5.71. The highest BCUT2D eigenvalue weighted by atomic mass is 16.1. The fourth-order valence-corrected chi connectivity index (χ4v) is 2.47. The molecule has 2 rings (SSSR count). The molecular weight excluding hydrogens is 276 g/mol. The van der Waals surface area contributed by atoms with E-state index < -0.39 is 0 Å². The number of aromatic nitrogens is 3. The number of amides is 1. The normalized spacial score (nSPS) is 13.6. The minimum atomic E-state index is -0.279. The smallest absolute Gasteiger partial charge is 0.223 e. The Hall–Kier alpha value is -2.17. The van der Waals surface area contributed by atoms with Crippen LogP contribution in [0.1, 0.15) is 49.9 Å². The third-order valence-electron chi connectivity index (χ3n) is 3.97. The number of hydrogen-bond donors (Lipinski definition) is 1. The molecule has 2 atom stereocenters. The van der Waals surface area contributed by atoms with E-state index in [9.17, 15) is 4.79 Å². The molecule has 22 heavy (non-hydrogen) atoms. The lowest BCUT2D eigenvalue weighted by atomic mass is 10.0. The van der Waals surface area contributed by atoms with Crippen LogP contribution in [0.2, 0.25) is 0 Å². The zero-order chi connectivity index (χ0) is 16.1. The molecule has 0 aliphatic carbocycles. The highest BCUT2D eigenvalue weighted by Crippen LogP contribution is 2.21. The van der Waals surface area contributed by atoms with Crippen molar-refractivity contribution in [2.75, 3.05) is 0 Å². The molecule has 0 saturated heterocycles. The fraction of sp³-hybridized carbons (Fsp3) is 0.471. The van der Waals surface area contributed by atoms with E-state index in [0.717, 1.165) is 30.1 Å². The molecule has 1 N–H and O–H groups in total. The van der Waals surface area contributed by atoms with Gasteiger partial charge in [0.05, 0.1) is 0 Å². The van der Waals surface area contributed by atoms with Gasteiger partial charge in [-0.05, 0) is 18.9 Å². The summed E-state index contributed by atoms with van der Waals surface area (Å²) in [5, 5.41) is 11.5. The molecule has 0 aliphatic rings. The quantitative estimate of drug-likeness (QED) is 0.892. The zero-order valence-corrected chi connectivity index (χ0v) is 13.7. The number of carbonyl (C=O) groups excluding carboxylic acids is 1. The van der Waals surface area contributed by atoms with Crippen molar-refractivity contribution in [3.05, 3.63) is 47.5 Å². The summed E-state index contributed by atoms with van der Waals surface area (Å²) in [4.78, 5) is 12.4. The van der Waals surface area contributed by atoms with Crippen molar-refractivity contribution in [1.29, 1.82) is 0 Å². The maximum absolute atomic E-state index is 12.4. The SMILES string of the molecule is CCC[C@H](C)C(=O)N[C@@H](c1ccccc1)c1nnc(C)n1C. The number of rotatable bonds is 6. The predicted octanol–water partition coefficient (Wildman–Crippen LogP) is 2.77. The van der Waals surface area contributed by atoms with Gasteiger partial charge in [-0.15, -0.1) is 10.2 Å². The summed E-state index contributed by atoms with van der Waals surface area (Å²) < 4.78 is 1.92. The van der Waals surface area contributed by atoms with E-state index in [-0.39, 0.29) is 17.9 Å². The first kappa shape index (κ1) is 16.2. The van der Waals surface area contributed by atoms with Crippen LogP contribution in [-0.2, 0) is 11.8 Å². The molecule has 5 heteroatoms. The maximum atomic E-state index is 12.4. The van der Waals surface area contributed by atoms with Gasteiger partial charge >= 0.3 is 0 Å². The molecule has 5 nitrogen and oxygen atoms in total. The molecule has 0 saturated carbocycles. The van der Waals surface area contributed by atoms with Crippen LogP contribution in [0.5, 0.6) is 0 Å². The number of hydrogen-bond acceptors (Lipinski definition) is 3. The van der Waals surface area contributed by atoms with Gasteiger partial charge in [-0.1, -0.05) is 50.6 Å². The van der Waals surface area contributed by atoms with Crippen molar-refractivity contribution in [3.63, 3.8) is 0 Å². The fourth-order valence-electron chi connectivity index (χ4n) is 2.47. The Morgan fingerprint density at radius 3 is 2.50 bits per heavy atom.